The molecule has 14 aromatic carbocycles. The summed E-state index contributed by atoms with van der Waals surface area (Å²) in [5, 5.41) is 2.32. The number of nitrogens with zero attached hydrogens (tertiary/aromatic N) is 6. The van der Waals surface area contributed by atoms with Crippen molar-refractivity contribution < 1.29 is 0 Å². The van der Waals surface area contributed by atoms with Crippen LogP contribution in [0.4, 0.5) is 34.1 Å². The summed E-state index contributed by atoms with van der Waals surface area (Å²) in [6.07, 6.45) is 0. The number of hydrogen-bond acceptors (Lipinski definition) is 5. The topological polar surface area (TPSA) is 50.1 Å². The van der Waals surface area contributed by atoms with Gasteiger partial charge in [-0.3, -0.25) is 0 Å². The number of hydrogen-bond donors (Lipinski definition) is 0. The molecule has 0 N–H and O–H groups in total. The van der Waals surface area contributed by atoms with Crippen LogP contribution < -0.4 is 26.2 Å². The van der Waals surface area contributed by atoms with Gasteiger partial charge in [0.15, 0.2) is 17.5 Å². The molecule has 0 aliphatic carbocycles. The first-order valence-corrected chi connectivity index (χ1v) is 32.5. The molecule has 6 nitrogen and oxygen atoms in total. The van der Waals surface area contributed by atoms with Crippen LogP contribution in [0, 0.1) is 6.92 Å². The summed E-state index contributed by atoms with van der Waals surface area (Å²) in [5.74, 6) is 1.87. The Kier molecular flexibility index (Phi) is 13.4. The molecule has 2 aliphatic heterocycles. The second kappa shape index (κ2) is 23.0. The second-order valence-electron chi connectivity index (χ2n) is 24.8. The fraction of sp³-hybridized carbons (Fsp3) is 0.0114. The van der Waals surface area contributed by atoms with Crippen molar-refractivity contribution in [3.8, 4) is 95.5 Å². The van der Waals surface area contributed by atoms with Crippen LogP contribution in [-0.4, -0.2) is 26.2 Å². The molecule has 0 saturated heterocycles. The van der Waals surface area contributed by atoms with E-state index in [0.29, 0.717) is 17.5 Å². The van der Waals surface area contributed by atoms with Crippen molar-refractivity contribution in [1.29, 1.82) is 0 Å². The largest absolute Gasteiger partial charge is 0.311 e. The number of anilines is 6. The van der Waals surface area contributed by atoms with Gasteiger partial charge in [-0.1, -0.05) is 267 Å². The summed E-state index contributed by atoms with van der Waals surface area (Å²) < 4.78 is 2.43. The molecule has 18 rings (SSSR count). The van der Waals surface area contributed by atoms with E-state index < -0.39 is 0 Å². The number of para-hydroxylation sites is 1. The molecule has 16 aromatic rings. The molecule has 0 unspecified atom stereocenters. The van der Waals surface area contributed by atoms with E-state index in [1.165, 1.54) is 60.9 Å². The van der Waals surface area contributed by atoms with Crippen molar-refractivity contribution >= 4 is 79.0 Å². The van der Waals surface area contributed by atoms with Gasteiger partial charge < -0.3 is 14.4 Å². The average molecular weight is 1210 g/mol. The van der Waals surface area contributed by atoms with Crippen molar-refractivity contribution in [1.82, 2.24) is 19.5 Å². The molecule has 0 fully saturated rings. The molecule has 2 aromatic heterocycles. The molecule has 0 amide bonds. The van der Waals surface area contributed by atoms with Gasteiger partial charge in [-0.2, -0.15) is 0 Å². The lowest BCUT2D eigenvalue weighted by molar-refractivity contribution is 1.07. The molecule has 0 spiro atoms. The van der Waals surface area contributed by atoms with Gasteiger partial charge in [0, 0.05) is 67.3 Å². The molecule has 7 heteroatoms. The number of benzene rings is 14. The number of aromatic nitrogens is 4. The predicted molar refractivity (Wildman–Crippen MR) is 396 cm³/mol. The quantitative estimate of drug-likeness (QED) is 0.121. The molecule has 0 saturated carbocycles. The number of aryl methyl sites for hydroxylation is 1. The first-order chi connectivity index (χ1) is 47.0. The molecule has 4 heterocycles. The van der Waals surface area contributed by atoms with E-state index in [1.807, 2.05) is 36.4 Å². The SMILES string of the molecule is Cc1ccc(-c2nc(-c3ccccc3)nc(-c3ccccc3)n2)cc1-n1c2ccccc2c2cc(-c3cc4c5c(c3)N(c3ccc(-c6ccccc6)cc3)c3ccc(-c6ccccc6)cc3B5c3cc(-c5ccccc5)ccc3N4c3ccc(-c4ccccc4)cc3)ccc21. The van der Waals surface area contributed by atoms with Crippen LogP contribution in [0.1, 0.15) is 5.56 Å². The highest BCUT2D eigenvalue weighted by Gasteiger charge is 2.44. The van der Waals surface area contributed by atoms with E-state index >= 15 is 0 Å². The van der Waals surface area contributed by atoms with Gasteiger partial charge in [0.1, 0.15) is 0 Å². The van der Waals surface area contributed by atoms with E-state index in [2.05, 4.69) is 325 Å². The first-order valence-electron chi connectivity index (χ1n) is 32.5. The lowest BCUT2D eigenvalue weighted by Crippen LogP contribution is -2.61. The third-order valence-electron chi connectivity index (χ3n) is 19.2. The zero-order chi connectivity index (χ0) is 62.9. The Morgan fingerprint density at radius 2 is 0.589 bits per heavy atom. The van der Waals surface area contributed by atoms with Crippen LogP contribution in [0.15, 0.2) is 340 Å². The van der Waals surface area contributed by atoms with E-state index in [9.17, 15) is 0 Å². The maximum atomic E-state index is 5.18. The zero-order valence-corrected chi connectivity index (χ0v) is 52.1. The second-order valence-corrected chi connectivity index (χ2v) is 24.8. The fourth-order valence-corrected chi connectivity index (χ4v) is 14.6. The number of fused-ring (bicyclic) bond motifs is 7. The van der Waals surface area contributed by atoms with Crippen LogP contribution in [0.25, 0.3) is 117 Å². The Balaban J connectivity index is 0.862. The molecule has 444 valence electrons. The smallest absolute Gasteiger partial charge is 0.252 e. The summed E-state index contributed by atoms with van der Waals surface area (Å²) in [6, 6.07) is 124. The Bertz CT molecular complexity index is 5330. The van der Waals surface area contributed by atoms with Crippen molar-refractivity contribution in [3.05, 3.63) is 345 Å². The highest BCUT2D eigenvalue weighted by Crippen LogP contribution is 2.48. The standard InChI is InChI=1S/C88H59BN6/c1-58-36-37-70(88-91-86(65-30-16-6-17-31-65)90-87(92-88)66-32-18-7-19-33-66)55-82(58)95-78-35-21-20-34-74(78)75-52-67(42-49-79(75)95)71-56-83-85-84(57-71)94(73-47-40-64(41-48-73)60-24-10-3-11-25-60)81-51-44-69(62-28-14-5-15-29-62)54-77(81)89(85)76-53-68(61-26-12-4-13-27-61)43-50-80(76)93(83)72-45-38-63(39-46-72)59-22-8-2-9-23-59/h2-57H,1H3. The third kappa shape index (κ3) is 9.71. The van der Waals surface area contributed by atoms with Gasteiger partial charge >= 0.3 is 0 Å². The first kappa shape index (κ1) is 55.4. The molecule has 2 aliphatic rings. The number of rotatable bonds is 11. The van der Waals surface area contributed by atoms with Gasteiger partial charge in [0.25, 0.3) is 6.71 Å². The van der Waals surface area contributed by atoms with Crippen molar-refractivity contribution in [2.75, 3.05) is 9.80 Å². The van der Waals surface area contributed by atoms with Crippen LogP contribution in [0.3, 0.4) is 0 Å². The third-order valence-corrected chi connectivity index (χ3v) is 19.2. The zero-order valence-electron chi connectivity index (χ0n) is 52.1. The normalized spacial score (nSPS) is 12.2. The Morgan fingerprint density at radius 1 is 0.242 bits per heavy atom. The maximum Gasteiger partial charge on any atom is 0.252 e. The van der Waals surface area contributed by atoms with Gasteiger partial charge in [-0.25, -0.2) is 15.0 Å². The van der Waals surface area contributed by atoms with Crippen molar-refractivity contribution in [3.63, 3.8) is 0 Å². The highest BCUT2D eigenvalue weighted by atomic mass is 15.2. The summed E-state index contributed by atoms with van der Waals surface area (Å²) in [6.45, 7) is 2.06. The molecule has 0 bridgehead atoms. The molecule has 0 atom stereocenters. The van der Waals surface area contributed by atoms with E-state index in [1.54, 1.807) is 0 Å². The summed E-state index contributed by atoms with van der Waals surface area (Å²) in [5.41, 5.74) is 29.3. The molecule has 95 heavy (non-hydrogen) atoms. The van der Waals surface area contributed by atoms with Gasteiger partial charge in [-0.05, 0) is 157 Å². The van der Waals surface area contributed by atoms with Crippen LogP contribution in [-0.2, 0) is 0 Å². The minimum atomic E-state index is -0.141. The summed E-state index contributed by atoms with van der Waals surface area (Å²) >= 11 is 0. The maximum absolute atomic E-state index is 5.18. The van der Waals surface area contributed by atoms with Crippen LogP contribution in [0.5, 0.6) is 0 Å². The molecular formula is C88H59BN6. The lowest BCUT2D eigenvalue weighted by Gasteiger charge is -2.44. The van der Waals surface area contributed by atoms with Crippen molar-refractivity contribution in [2.45, 2.75) is 6.92 Å². The average Bonchev–Trinajstić information content (AvgIpc) is 1.11. The Labute approximate surface area is 552 Å². The lowest BCUT2D eigenvalue weighted by atomic mass is 9.33. The fourth-order valence-electron chi connectivity index (χ4n) is 14.6. The van der Waals surface area contributed by atoms with Gasteiger partial charge in [0.2, 0.25) is 0 Å². The summed E-state index contributed by atoms with van der Waals surface area (Å²) in [7, 11) is 0. The Hall–Kier alpha value is -12.4. The monoisotopic (exact) mass is 1210 g/mol. The predicted octanol–water partition coefficient (Wildman–Crippen LogP) is 20.7. The van der Waals surface area contributed by atoms with Gasteiger partial charge in [-0.15, -0.1) is 0 Å². The van der Waals surface area contributed by atoms with Crippen molar-refractivity contribution in [2.24, 2.45) is 0 Å². The van der Waals surface area contributed by atoms with E-state index in [4.69, 9.17) is 15.0 Å². The van der Waals surface area contributed by atoms with Gasteiger partial charge in [0.05, 0.1) is 11.0 Å². The summed E-state index contributed by atoms with van der Waals surface area (Å²) in [4.78, 5) is 20.5. The van der Waals surface area contributed by atoms with Crippen LogP contribution >= 0.6 is 0 Å². The molecule has 0 radical (unpaired) electrons. The van der Waals surface area contributed by atoms with Crippen LogP contribution in [0.2, 0.25) is 0 Å². The molecular weight excluding hydrogens is 1150 g/mol. The minimum absolute atomic E-state index is 0.141. The van der Waals surface area contributed by atoms with E-state index in [-0.39, 0.29) is 6.71 Å². The van der Waals surface area contributed by atoms with E-state index in [0.717, 1.165) is 95.0 Å². The highest BCUT2D eigenvalue weighted by molar-refractivity contribution is 7.00. The minimum Gasteiger partial charge on any atom is -0.311 e. The Morgan fingerprint density at radius 3 is 1.06 bits per heavy atom.